The molecule has 0 aliphatic carbocycles. The van der Waals surface area contributed by atoms with Crippen molar-refractivity contribution >= 4 is 5.91 Å². The second kappa shape index (κ2) is 6.94. The first-order valence-corrected chi connectivity index (χ1v) is 8.26. The first-order valence-electron chi connectivity index (χ1n) is 8.26. The molecule has 0 unspecified atom stereocenters. The van der Waals surface area contributed by atoms with Crippen LogP contribution < -0.4 is 5.56 Å². The molecule has 3 heterocycles. The van der Waals surface area contributed by atoms with Crippen LogP contribution in [0, 0.1) is 6.92 Å². The van der Waals surface area contributed by atoms with E-state index in [0.717, 1.165) is 19.3 Å². The molecular weight excluding hydrogens is 310 g/mol. The zero-order chi connectivity index (χ0) is 17.1. The Kier molecular flexibility index (Phi) is 4.73. The molecule has 1 saturated heterocycles. The lowest BCUT2D eigenvalue weighted by molar-refractivity contribution is 0.0686. The number of rotatable bonds is 4. The summed E-state index contributed by atoms with van der Waals surface area (Å²) in [5, 5.41) is 8.02. The van der Waals surface area contributed by atoms with Gasteiger partial charge in [-0.15, -0.1) is 0 Å². The maximum Gasteiger partial charge on any atom is 0.274 e. The van der Waals surface area contributed by atoms with Crippen molar-refractivity contribution in [2.24, 2.45) is 0 Å². The molecule has 3 rings (SSSR count). The van der Waals surface area contributed by atoms with Crippen molar-refractivity contribution in [3.8, 4) is 0 Å². The topological polar surface area (TPSA) is 94.1 Å². The largest absolute Gasteiger partial charge is 0.339 e. The number of carbonyl (C=O) groups excluding carboxylic acids is 1. The van der Waals surface area contributed by atoms with Crippen LogP contribution in [0.5, 0.6) is 0 Å². The first-order chi connectivity index (χ1) is 11.6. The molecule has 0 N–H and O–H groups in total. The van der Waals surface area contributed by atoms with Gasteiger partial charge in [-0.2, -0.15) is 10.1 Å². The summed E-state index contributed by atoms with van der Waals surface area (Å²) in [5.41, 5.74) is 0.108. The summed E-state index contributed by atoms with van der Waals surface area (Å²) in [7, 11) is 0. The lowest BCUT2D eigenvalue weighted by atomic mass is 9.97. The van der Waals surface area contributed by atoms with Crippen molar-refractivity contribution < 1.29 is 9.32 Å². The van der Waals surface area contributed by atoms with Crippen LogP contribution in [-0.2, 0) is 6.54 Å². The molecular formula is C16H21N5O3. The van der Waals surface area contributed by atoms with Crippen molar-refractivity contribution in [3.05, 3.63) is 39.9 Å². The van der Waals surface area contributed by atoms with Crippen LogP contribution in [0.3, 0.4) is 0 Å². The van der Waals surface area contributed by atoms with Crippen LogP contribution in [0.4, 0.5) is 0 Å². The number of aromatic nitrogens is 4. The first kappa shape index (κ1) is 16.4. The van der Waals surface area contributed by atoms with Gasteiger partial charge in [0, 0.05) is 25.7 Å². The molecule has 1 amide bonds. The van der Waals surface area contributed by atoms with E-state index in [1.165, 1.54) is 16.8 Å². The van der Waals surface area contributed by atoms with E-state index in [1.54, 1.807) is 11.8 Å². The van der Waals surface area contributed by atoms with Crippen LogP contribution in [0.15, 0.2) is 21.5 Å². The molecule has 1 aliphatic rings. The van der Waals surface area contributed by atoms with Gasteiger partial charge in [0.05, 0.1) is 5.92 Å². The Labute approximate surface area is 139 Å². The van der Waals surface area contributed by atoms with Crippen molar-refractivity contribution in [2.45, 2.75) is 45.6 Å². The van der Waals surface area contributed by atoms with E-state index in [1.807, 2.05) is 6.92 Å². The normalized spacial score (nSPS) is 17.9. The van der Waals surface area contributed by atoms with Gasteiger partial charge < -0.3 is 9.42 Å². The van der Waals surface area contributed by atoms with E-state index in [2.05, 4.69) is 15.2 Å². The average Bonchev–Trinajstić information content (AvgIpc) is 3.03. The maximum atomic E-state index is 12.7. The second-order valence-electron chi connectivity index (χ2n) is 6.05. The van der Waals surface area contributed by atoms with Gasteiger partial charge in [0.2, 0.25) is 5.89 Å². The molecule has 0 spiro atoms. The van der Waals surface area contributed by atoms with Crippen LogP contribution in [0.2, 0.25) is 0 Å². The zero-order valence-corrected chi connectivity index (χ0v) is 13.9. The minimum absolute atomic E-state index is 0.0467. The van der Waals surface area contributed by atoms with Gasteiger partial charge in [0.1, 0.15) is 5.69 Å². The molecule has 2 aromatic rings. The average molecular weight is 331 g/mol. The number of nitrogens with zero attached hydrogens (tertiary/aromatic N) is 5. The van der Waals surface area contributed by atoms with Gasteiger partial charge in [0.25, 0.3) is 11.5 Å². The summed E-state index contributed by atoms with van der Waals surface area (Å²) < 4.78 is 6.59. The van der Waals surface area contributed by atoms with Crippen molar-refractivity contribution in [3.63, 3.8) is 0 Å². The highest BCUT2D eigenvalue weighted by Crippen LogP contribution is 2.26. The third kappa shape index (κ3) is 3.37. The van der Waals surface area contributed by atoms with Gasteiger partial charge in [-0.1, -0.05) is 12.1 Å². The summed E-state index contributed by atoms with van der Waals surface area (Å²) in [5.74, 6) is 1.06. The van der Waals surface area contributed by atoms with Gasteiger partial charge in [-0.25, -0.2) is 4.68 Å². The summed E-state index contributed by atoms with van der Waals surface area (Å²) >= 11 is 0. The van der Waals surface area contributed by atoms with Gasteiger partial charge in [0.15, 0.2) is 5.82 Å². The summed E-state index contributed by atoms with van der Waals surface area (Å²) in [4.78, 5) is 30.5. The van der Waals surface area contributed by atoms with Gasteiger partial charge >= 0.3 is 0 Å². The highest BCUT2D eigenvalue weighted by molar-refractivity contribution is 5.92. The fourth-order valence-electron chi connectivity index (χ4n) is 2.94. The van der Waals surface area contributed by atoms with Crippen molar-refractivity contribution in [1.82, 2.24) is 24.8 Å². The number of hydrogen-bond donors (Lipinski definition) is 0. The number of aryl methyl sites for hydroxylation is 2. The molecule has 0 radical (unpaired) electrons. The monoisotopic (exact) mass is 331 g/mol. The summed E-state index contributed by atoms with van der Waals surface area (Å²) in [6, 6.07) is 2.90. The van der Waals surface area contributed by atoms with Crippen LogP contribution in [-0.4, -0.2) is 43.8 Å². The molecule has 1 fully saturated rings. The second-order valence-corrected chi connectivity index (χ2v) is 6.05. The highest BCUT2D eigenvalue weighted by atomic mass is 16.5. The van der Waals surface area contributed by atoms with Gasteiger partial charge in [-0.05, 0) is 32.3 Å². The number of hydrogen-bond acceptors (Lipinski definition) is 6. The Morgan fingerprint density at radius 3 is 2.96 bits per heavy atom. The molecule has 1 aliphatic heterocycles. The van der Waals surface area contributed by atoms with E-state index in [9.17, 15) is 9.59 Å². The molecule has 24 heavy (non-hydrogen) atoms. The fraction of sp³-hybridized carbons (Fsp3) is 0.562. The number of likely N-dealkylation sites (tertiary alicyclic amines) is 1. The van der Waals surface area contributed by atoms with E-state index in [0.29, 0.717) is 37.0 Å². The van der Waals surface area contributed by atoms with Crippen molar-refractivity contribution in [2.75, 3.05) is 13.1 Å². The van der Waals surface area contributed by atoms with Gasteiger partial charge in [-0.3, -0.25) is 9.59 Å². The Hall–Kier alpha value is -2.51. The van der Waals surface area contributed by atoms with Crippen LogP contribution in [0.1, 0.15) is 54.3 Å². The Balaban J connectivity index is 1.77. The van der Waals surface area contributed by atoms with E-state index >= 15 is 0 Å². The van der Waals surface area contributed by atoms with Crippen molar-refractivity contribution in [1.29, 1.82) is 0 Å². The van der Waals surface area contributed by atoms with Crippen LogP contribution >= 0.6 is 0 Å². The summed E-state index contributed by atoms with van der Waals surface area (Å²) in [6.45, 7) is 5.43. The molecule has 128 valence electrons. The lowest BCUT2D eigenvalue weighted by Crippen LogP contribution is -2.40. The molecule has 8 nitrogen and oxygen atoms in total. The Morgan fingerprint density at radius 2 is 2.25 bits per heavy atom. The third-order valence-electron chi connectivity index (χ3n) is 4.12. The van der Waals surface area contributed by atoms with Crippen LogP contribution in [0.25, 0.3) is 0 Å². The maximum absolute atomic E-state index is 12.7. The highest BCUT2D eigenvalue weighted by Gasteiger charge is 2.29. The Bertz CT molecular complexity index is 782. The minimum Gasteiger partial charge on any atom is -0.339 e. The number of carbonyl (C=O) groups is 1. The Morgan fingerprint density at radius 1 is 1.42 bits per heavy atom. The number of amides is 1. The lowest BCUT2D eigenvalue weighted by Gasteiger charge is -2.30. The van der Waals surface area contributed by atoms with E-state index < -0.39 is 0 Å². The third-order valence-corrected chi connectivity index (χ3v) is 4.12. The molecule has 2 aromatic heterocycles. The zero-order valence-electron chi connectivity index (χ0n) is 13.9. The smallest absolute Gasteiger partial charge is 0.274 e. The summed E-state index contributed by atoms with van der Waals surface area (Å²) in [6.07, 6.45) is 2.56. The number of piperidine rings is 1. The molecule has 0 saturated carbocycles. The quantitative estimate of drug-likeness (QED) is 0.840. The SMILES string of the molecule is CCCn1nc(C(=O)N2CCC[C@@H](c3nc(C)no3)C2)ccc1=O. The van der Waals surface area contributed by atoms with E-state index in [-0.39, 0.29) is 17.4 Å². The standard InChI is InChI=1S/C16H21N5O3/c1-3-8-21-14(22)7-6-13(18-21)16(23)20-9-4-5-12(10-20)15-17-11(2)19-24-15/h6-7,12H,3-5,8-10H2,1-2H3/t12-/m1/s1. The predicted octanol–water partition coefficient (Wildman–Crippen LogP) is 1.36. The minimum atomic E-state index is -0.189. The predicted molar refractivity (Wildman–Crippen MR) is 85.7 cm³/mol. The molecule has 1 atom stereocenters. The molecule has 8 heteroatoms. The molecule has 0 bridgehead atoms. The molecule has 0 aromatic carbocycles. The van der Waals surface area contributed by atoms with E-state index in [4.69, 9.17) is 4.52 Å². The fourth-order valence-corrected chi connectivity index (χ4v) is 2.94.